The molecule has 1 aliphatic carbocycles. The lowest BCUT2D eigenvalue weighted by Crippen LogP contribution is -2.25. The van der Waals surface area contributed by atoms with E-state index in [-0.39, 0.29) is 6.54 Å². The van der Waals surface area contributed by atoms with Crippen LogP contribution in [-0.2, 0) is 23.1 Å². The molecular formula is C12H16N4O2S2. The number of aromatic amines is 1. The SMILES string of the molecule is O=S(=O)(NCc1cnc[nH]1)c1ccsc1CNC1CC1. The lowest BCUT2D eigenvalue weighted by molar-refractivity contribution is 0.578. The molecule has 0 bridgehead atoms. The molecule has 0 radical (unpaired) electrons. The predicted octanol–water partition coefficient (Wildman–Crippen LogP) is 1.20. The van der Waals surface area contributed by atoms with Crippen molar-refractivity contribution >= 4 is 21.4 Å². The van der Waals surface area contributed by atoms with E-state index in [2.05, 4.69) is 20.0 Å². The van der Waals surface area contributed by atoms with Crippen LogP contribution in [0, 0.1) is 0 Å². The molecule has 108 valence electrons. The number of H-pyrrole nitrogens is 1. The first kappa shape index (κ1) is 13.7. The highest BCUT2D eigenvalue weighted by Gasteiger charge is 2.23. The number of hydrogen-bond donors (Lipinski definition) is 3. The largest absolute Gasteiger partial charge is 0.347 e. The third kappa shape index (κ3) is 3.26. The number of nitrogens with zero attached hydrogens (tertiary/aromatic N) is 1. The van der Waals surface area contributed by atoms with E-state index < -0.39 is 10.0 Å². The van der Waals surface area contributed by atoms with Gasteiger partial charge >= 0.3 is 0 Å². The molecule has 0 atom stereocenters. The molecule has 0 aromatic carbocycles. The summed E-state index contributed by atoms with van der Waals surface area (Å²) in [6, 6.07) is 2.22. The third-order valence-corrected chi connectivity index (χ3v) is 5.67. The van der Waals surface area contributed by atoms with Gasteiger partial charge in [0.05, 0.1) is 17.8 Å². The first-order valence-electron chi connectivity index (χ1n) is 6.42. The normalized spacial score (nSPS) is 15.6. The zero-order valence-electron chi connectivity index (χ0n) is 10.8. The average Bonchev–Trinajstić information content (AvgIpc) is 2.94. The first-order valence-corrected chi connectivity index (χ1v) is 8.78. The molecule has 1 saturated carbocycles. The van der Waals surface area contributed by atoms with Gasteiger partial charge in [-0.2, -0.15) is 0 Å². The van der Waals surface area contributed by atoms with E-state index in [1.54, 1.807) is 12.3 Å². The topological polar surface area (TPSA) is 86.9 Å². The van der Waals surface area contributed by atoms with Gasteiger partial charge in [-0.1, -0.05) is 0 Å². The third-order valence-electron chi connectivity index (χ3n) is 3.13. The van der Waals surface area contributed by atoms with Crippen molar-refractivity contribution < 1.29 is 8.42 Å². The number of imidazole rings is 1. The molecule has 1 aliphatic rings. The van der Waals surface area contributed by atoms with E-state index in [1.165, 1.54) is 30.5 Å². The zero-order chi connectivity index (χ0) is 14.0. The molecule has 0 aliphatic heterocycles. The van der Waals surface area contributed by atoms with Crippen LogP contribution in [0.25, 0.3) is 0 Å². The summed E-state index contributed by atoms with van der Waals surface area (Å²) in [5, 5.41) is 5.16. The predicted molar refractivity (Wildman–Crippen MR) is 76.8 cm³/mol. The fourth-order valence-corrected chi connectivity index (χ4v) is 4.25. The minimum Gasteiger partial charge on any atom is -0.347 e. The quantitative estimate of drug-likeness (QED) is 0.717. The fourth-order valence-electron chi connectivity index (χ4n) is 1.85. The van der Waals surface area contributed by atoms with Crippen LogP contribution < -0.4 is 10.0 Å². The highest BCUT2D eigenvalue weighted by Crippen LogP contribution is 2.24. The summed E-state index contributed by atoms with van der Waals surface area (Å²) in [5.74, 6) is 0. The van der Waals surface area contributed by atoms with Gasteiger partial charge < -0.3 is 10.3 Å². The molecule has 2 aromatic rings. The van der Waals surface area contributed by atoms with Crippen LogP contribution in [-0.4, -0.2) is 24.4 Å². The zero-order valence-corrected chi connectivity index (χ0v) is 12.4. The molecule has 6 nitrogen and oxygen atoms in total. The van der Waals surface area contributed by atoms with E-state index in [4.69, 9.17) is 0 Å². The van der Waals surface area contributed by atoms with Gasteiger partial charge in [-0.15, -0.1) is 11.3 Å². The number of sulfonamides is 1. The second-order valence-electron chi connectivity index (χ2n) is 4.76. The van der Waals surface area contributed by atoms with E-state index in [0.29, 0.717) is 17.5 Å². The summed E-state index contributed by atoms with van der Waals surface area (Å²) < 4.78 is 27.2. The van der Waals surface area contributed by atoms with Gasteiger partial charge in [-0.05, 0) is 24.3 Å². The Morgan fingerprint density at radius 3 is 2.95 bits per heavy atom. The summed E-state index contributed by atoms with van der Waals surface area (Å²) in [6.45, 7) is 0.830. The molecule has 0 unspecified atom stereocenters. The van der Waals surface area contributed by atoms with Crippen LogP contribution in [0.4, 0.5) is 0 Å². The lowest BCUT2D eigenvalue weighted by Gasteiger charge is -2.07. The van der Waals surface area contributed by atoms with Gasteiger partial charge in [0.2, 0.25) is 10.0 Å². The van der Waals surface area contributed by atoms with Gasteiger partial charge in [-0.3, -0.25) is 0 Å². The smallest absolute Gasteiger partial charge is 0.242 e. The second kappa shape index (κ2) is 5.65. The van der Waals surface area contributed by atoms with Gasteiger partial charge in [0.25, 0.3) is 0 Å². The minimum atomic E-state index is -3.48. The van der Waals surface area contributed by atoms with E-state index in [9.17, 15) is 8.42 Å². The summed E-state index contributed by atoms with van der Waals surface area (Å²) in [5.41, 5.74) is 0.737. The Bertz CT molecular complexity index is 659. The number of rotatable bonds is 7. The molecule has 3 N–H and O–H groups in total. The van der Waals surface area contributed by atoms with Crippen LogP contribution in [0.5, 0.6) is 0 Å². The van der Waals surface area contributed by atoms with Crippen molar-refractivity contribution in [3.63, 3.8) is 0 Å². The van der Waals surface area contributed by atoms with Gasteiger partial charge in [-0.25, -0.2) is 18.1 Å². The Morgan fingerprint density at radius 2 is 2.25 bits per heavy atom. The van der Waals surface area contributed by atoms with Gasteiger partial charge in [0.15, 0.2) is 0 Å². The maximum atomic E-state index is 12.3. The summed E-state index contributed by atoms with van der Waals surface area (Å²) in [7, 11) is -3.48. The molecule has 8 heteroatoms. The molecule has 1 fully saturated rings. The van der Waals surface area contributed by atoms with Crippen LogP contribution in [0.1, 0.15) is 23.4 Å². The maximum Gasteiger partial charge on any atom is 0.242 e. The van der Waals surface area contributed by atoms with Crippen molar-refractivity contribution in [2.45, 2.75) is 36.9 Å². The summed E-state index contributed by atoms with van der Waals surface area (Å²) in [6.07, 6.45) is 5.50. The highest BCUT2D eigenvalue weighted by molar-refractivity contribution is 7.89. The monoisotopic (exact) mass is 312 g/mol. The Morgan fingerprint density at radius 1 is 1.40 bits per heavy atom. The van der Waals surface area contributed by atoms with Crippen LogP contribution in [0.3, 0.4) is 0 Å². The van der Waals surface area contributed by atoms with Crippen molar-refractivity contribution in [2.75, 3.05) is 0 Å². The molecule has 3 rings (SSSR count). The van der Waals surface area contributed by atoms with E-state index in [0.717, 1.165) is 10.6 Å². The van der Waals surface area contributed by atoms with E-state index >= 15 is 0 Å². The van der Waals surface area contributed by atoms with Gasteiger partial charge in [0.1, 0.15) is 0 Å². The maximum absolute atomic E-state index is 12.3. The molecular weight excluding hydrogens is 296 g/mol. The molecule has 2 aromatic heterocycles. The molecule has 0 saturated heterocycles. The molecule has 0 spiro atoms. The van der Waals surface area contributed by atoms with Crippen molar-refractivity contribution in [2.24, 2.45) is 0 Å². The standard InChI is InChI=1S/C12H16N4O2S2/c17-20(18,16-6-10-5-13-8-15-10)12-3-4-19-11(12)7-14-9-1-2-9/h3-5,8-9,14,16H,1-2,6-7H2,(H,13,15). The minimum absolute atomic E-state index is 0.216. The van der Waals surface area contributed by atoms with Crippen molar-refractivity contribution in [3.8, 4) is 0 Å². The summed E-state index contributed by atoms with van der Waals surface area (Å²) >= 11 is 1.47. The van der Waals surface area contributed by atoms with Crippen LogP contribution in [0.15, 0.2) is 28.9 Å². The first-order chi connectivity index (χ1) is 9.65. The molecule has 0 amide bonds. The Hall–Kier alpha value is -1.22. The number of nitrogens with one attached hydrogen (secondary N) is 3. The van der Waals surface area contributed by atoms with Crippen LogP contribution in [0.2, 0.25) is 0 Å². The van der Waals surface area contributed by atoms with E-state index in [1.807, 2.05) is 5.38 Å². The average molecular weight is 312 g/mol. The van der Waals surface area contributed by atoms with Crippen molar-refractivity contribution in [1.29, 1.82) is 0 Å². The number of aromatic nitrogens is 2. The highest BCUT2D eigenvalue weighted by atomic mass is 32.2. The Kier molecular flexibility index (Phi) is 3.88. The van der Waals surface area contributed by atoms with Gasteiger partial charge in [0, 0.05) is 29.4 Å². The number of thiophene rings is 1. The Balaban J connectivity index is 1.68. The summed E-state index contributed by atoms with van der Waals surface area (Å²) in [4.78, 5) is 7.96. The van der Waals surface area contributed by atoms with Crippen LogP contribution >= 0.6 is 11.3 Å². The second-order valence-corrected chi connectivity index (χ2v) is 7.50. The Labute approximate surface area is 121 Å². The lowest BCUT2D eigenvalue weighted by atomic mass is 10.4. The van der Waals surface area contributed by atoms with Crippen molar-refractivity contribution in [1.82, 2.24) is 20.0 Å². The van der Waals surface area contributed by atoms with Crippen molar-refractivity contribution in [3.05, 3.63) is 34.5 Å². The number of hydrogen-bond acceptors (Lipinski definition) is 5. The molecule has 20 heavy (non-hydrogen) atoms. The molecule has 2 heterocycles. The fraction of sp³-hybridized carbons (Fsp3) is 0.417.